The molecular formula is C31H36N4O3. The van der Waals surface area contributed by atoms with Crippen molar-refractivity contribution in [3.8, 4) is 11.4 Å². The minimum absolute atomic E-state index is 0.194. The number of urea groups is 1. The highest BCUT2D eigenvalue weighted by atomic mass is 16.5. The number of ether oxygens (including phenoxy) is 1. The predicted molar refractivity (Wildman–Crippen MR) is 153 cm³/mol. The lowest BCUT2D eigenvalue weighted by atomic mass is 10.1. The third kappa shape index (κ3) is 5.72. The van der Waals surface area contributed by atoms with Gasteiger partial charge < -0.3 is 15.0 Å². The lowest BCUT2D eigenvalue weighted by Gasteiger charge is -2.32. The number of rotatable bonds is 10. The molecule has 0 saturated heterocycles. The summed E-state index contributed by atoms with van der Waals surface area (Å²) in [7, 11) is 1.58. The summed E-state index contributed by atoms with van der Waals surface area (Å²) in [5.41, 5.74) is 2.85. The summed E-state index contributed by atoms with van der Waals surface area (Å²) in [6.07, 6.45) is 3.45. The molecular weight excluding hydrogens is 476 g/mol. The molecule has 0 saturated carbocycles. The maximum atomic E-state index is 14.0. The monoisotopic (exact) mass is 512 g/mol. The zero-order valence-electron chi connectivity index (χ0n) is 22.6. The highest BCUT2D eigenvalue weighted by Gasteiger charge is 2.29. The van der Waals surface area contributed by atoms with Crippen molar-refractivity contribution in [3.63, 3.8) is 0 Å². The van der Waals surface area contributed by atoms with E-state index < -0.39 is 6.04 Å². The van der Waals surface area contributed by atoms with Crippen molar-refractivity contribution in [2.75, 3.05) is 19.0 Å². The molecule has 3 aromatic carbocycles. The van der Waals surface area contributed by atoms with Crippen LogP contribution in [0.5, 0.6) is 5.75 Å². The molecule has 2 amide bonds. The summed E-state index contributed by atoms with van der Waals surface area (Å²) in [4.78, 5) is 34.5. The van der Waals surface area contributed by atoms with E-state index in [9.17, 15) is 9.59 Å². The molecule has 0 fully saturated rings. The molecule has 4 aromatic rings. The van der Waals surface area contributed by atoms with Crippen molar-refractivity contribution >= 4 is 22.6 Å². The normalized spacial score (nSPS) is 11.8. The average Bonchev–Trinajstić information content (AvgIpc) is 2.94. The van der Waals surface area contributed by atoms with E-state index in [-0.39, 0.29) is 11.6 Å². The number of para-hydroxylation sites is 3. The van der Waals surface area contributed by atoms with Crippen molar-refractivity contribution in [2.24, 2.45) is 0 Å². The first-order valence-corrected chi connectivity index (χ1v) is 13.3. The topological polar surface area (TPSA) is 76.5 Å². The lowest BCUT2D eigenvalue weighted by Crippen LogP contribution is -2.41. The number of nitrogens with one attached hydrogen (secondary N) is 1. The lowest BCUT2D eigenvalue weighted by molar-refractivity contribution is 0.179. The highest BCUT2D eigenvalue weighted by Crippen LogP contribution is 2.30. The predicted octanol–water partition coefficient (Wildman–Crippen LogP) is 6.88. The average molecular weight is 513 g/mol. The molecule has 198 valence electrons. The fourth-order valence-electron chi connectivity index (χ4n) is 4.73. The first-order chi connectivity index (χ1) is 18.5. The van der Waals surface area contributed by atoms with Gasteiger partial charge in [-0.2, -0.15) is 0 Å². The number of carbonyl (C=O) groups is 1. The standard InChI is InChI=1S/C31H36N4O3/c1-5-7-12-21-34(31(37)32-23-19-17-22(3)18-20-23)26(6-2)29-33-25-14-9-8-13-24(25)30(36)35(29)27-15-10-11-16-28(27)38-4/h8-11,13-20,26H,5-7,12,21H2,1-4H3,(H,32,37). The molecule has 0 aliphatic carbocycles. The molecule has 0 aliphatic heterocycles. The Labute approximate surface area is 224 Å². The molecule has 0 aliphatic rings. The van der Waals surface area contributed by atoms with E-state index in [0.29, 0.717) is 41.1 Å². The van der Waals surface area contributed by atoms with Crippen molar-refractivity contribution in [1.29, 1.82) is 0 Å². The molecule has 1 N–H and O–H groups in total. The summed E-state index contributed by atoms with van der Waals surface area (Å²) >= 11 is 0. The number of amides is 2. The number of aryl methyl sites for hydroxylation is 1. The van der Waals surface area contributed by atoms with E-state index in [2.05, 4.69) is 12.2 Å². The SMILES string of the molecule is CCCCCN(C(=O)Nc1ccc(C)cc1)C(CC)c1nc2ccccc2c(=O)n1-c1ccccc1OC. The Balaban J connectivity index is 1.88. The van der Waals surface area contributed by atoms with E-state index in [1.165, 1.54) is 0 Å². The van der Waals surface area contributed by atoms with Gasteiger partial charge in [-0.05, 0) is 56.2 Å². The van der Waals surface area contributed by atoms with Crippen molar-refractivity contribution in [3.05, 3.63) is 94.5 Å². The first kappa shape index (κ1) is 26.9. The van der Waals surface area contributed by atoms with E-state index in [1.807, 2.05) is 85.5 Å². The number of anilines is 1. The van der Waals surface area contributed by atoms with Gasteiger partial charge in [0.1, 0.15) is 11.6 Å². The summed E-state index contributed by atoms with van der Waals surface area (Å²) in [6, 6.07) is 21.8. The van der Waals surface area contributed by atoms with Crippen molar-refractivity contribution in [1.82, 2.24) is 14.5 Å². The molecule has 1 atom stereocenters. The summed E-state index contributed by atoms with van der Waals surface area (Å²) in [5.74, 6) is 1.07. The van der Waals surface area contributed by atoms with Crippen LogP contribution in [0.1, 0.15) is 57.0 Å². The second-order valence-electron chi connectivity index (χ2n) is 9.42. The largest absolute Gasteiger partial charge is 0.495 e. The second-order valence-corrected chi connectivity index (χ2v) is 9.42. The minimum Gasteiger partial charge on any atom is -0.495 e. The summed E-state index contributed by atoms with van der Waals surface area (Å²) in [5, 5.41) is 3.57. The maximum absolute atomic E-state index is 14.0. The molecule has 0 bridgehead atoms. The van der Waals surface area contributed by atoms with E-state index >= 15 is 0 Å². The van der Waals surface area contributed by atoms with Crippen LogP contribution in [-0.2, 0) is 0 Å². The van der Waals surface area contributed by atoms with Crippen molar-refractivity contribution < 1.29 is 9.53 Å². The van der Waals surface area contributed by atoms with Crippen LogP contribution in [0.25, 0.3) is 16.6 Å². The molecule has 0 radical (unpaired) electrons. The van der Waals surface area contributed by atoms with Crippen LogP contribution in [0.2, 0.25) is 0 Å². The Kier molecular flexibility index (Phi) is 8.79. The van der Waals surface area contributed by atoms with Crippen LogP contribution < -0.4 is 15.6 Å². The van der Waals surface area contributed by atoms with Crippen LogP contribution in [0.4, 0.5) is 10.5 Å². The zero-order chi connectivity index (χ0) is 27.1. The van der Waals surface area contributed by atoms with E-state index in [1.54, 1.807) is 17.7 Å². The molecule has 38 heavy (non-hydrogen) atoms. The van der Waals surface area contributed by atoms with Gasteiger partial charge in [0.05, 0.1) is 29.7 Å². The van der Waals surface area contributed by atoms with Gasteiger partial charge in [0.15, 0.2) is 0 Å². The second kappa shape index (κ2) is 12.4. The van der Waals surface area contributed by atoms with Crippen LogP contribution in [0.3, 0.4) is 0 Å². The first-order valence-electron chi connectivity index (χ1n) is 13.3. The third-order valence-corrected chi connectivity index (χ3v) is 6.75. The number of hydrogen-bond acceptors (Lipinski definition) is 4. The van der Waals surface area contributed by atoms with Crippen LogP contribution >= 0.6 is 0 Å². The van der Waals surface area contributed by atoms with Gasteiger partial charge in [0.2, 0.25) is 0 Å². The number of hydrogen-bond donors (Lipinski definition) is 1. The van der Waals surface area contributed by atoms with Gasteiger partial charge in [-0.3, -0.25) is 9.36 Å². The Morgan fingerprint density at radius 1 is 1.00 bits per heavy atom. The quantitative estimate of drug-likeness (QED) is 0.235. The molecule has 1 heterocycles. The number of benzene rings is 3. The van der Waals surface area contributed by atoms with Gasteiger partial charge in [-0.1, -0.05) is 68.7 Å². The van der Waals surface area contributed by atoms with Crippen LogP contribution in [-0.4, -0.2) is 34.1 Å². The van der Waals surface area contributed by atoms with Gasteiger partial charge in [-0.15, -0.1) is 0 Å². The zero-order valence-corrected chi connectivity index (χ0v) is 22.6. The Bertz CT molecular complexity index is 1450. The molecule has 7 heteroatoms. The highest BCUT2D eigenvalue weighted by molar-refractivity contribution is 5.89. The maximum Gasteiger partial charge on any atom is 0.322 e. The Morgan fingerprint density at radius 2 is 1.71 bits per heavy atom. The molecule has 4 rings (SSSR count). The van der Waals surface area contributed by atoms with Crippen LogP contribution in [0, 0.1) is 6.92 Å². The number of methoxy groups -OCH3 is 1. The Hall–Kier alpha value is -4.13. The van der Waals surface area contributed by atoms with Crippen molar-refractivity contribution in [2.45, 2.75) is 52.5 Å². The Morgan fingerprint density at radius 3 is 2.42 bits per heavy atom. The van der Waals surface area contributed by atoms with Gasteiger partial charge in [0, 0.05) is 12.2 Å². The van der Waals surface area contributed by atoms with E-state index in [4.69, 9.17) is 9.72 Å². The fourth-order valence-corrected chi connectivity index (χ4v) is 4.73. The molecule has 1 unspecified atom stereocenters. The van der Waals surface area contributed by atoms with Gasteiger partial charge in [0.25, 0.3) is 5.56 Å². The minimum atomic E-state index is -0.445. The third-order valence-electron chi connectivity index (χ3n) is 6.75. The number of unbranched alkanes of at least 4 members (excludes halogenated alkanes) is 2. The fraction of sp³-hybridized carbons (Fsp3) is 0.323. The molecule has 7 nitrogen and oxygen atoms in total. The van der Waals surface area contributed by atoms with Gasteiger partial charge >= 0.3 is 6.03 Å². The van der Waals surface area contributed by atoms with E-state index in [0.717, 1.165) is 30.5 Å². The molecule has 0 spiro atoms. The summed E-state index contributed by atoms with van der Waals surface area (Å²) in [6.45, 7) is 6.71. The van der Waals surface area contributed by atoms with Gasteiger partial charge in [-0.25, -0.2) is 9.78 Å². The smallest absolute Gasteiger partial charge is 0.322 e. The van der Waals surface area contributed by atoms with Crippen LogP contribution in [0.15, 0.2) is 77.6 Å². The number of fused-ring (bicyclic) bond motifs is 1. The number of carbonyl (C=O) groups excluding carboxylic acids is 1. The number of aromatic nitrogens is 2. The summed E-state index contributed by atoms with van der Waals surface area (Å²) < 4.78 is 7.24. The molecule has 1 aromatic heterocycles. The number of nitrogens with zero attached hydrogens (tertiary/aromatic N) is 3.